The predicted molar refractivity (Wildman–Crippen MR) is 59.4 cm³/mol. The van der Waals surface area contributed by atoms with Gasteiger partial charge in [-0.2, -0.15) is 0 Å². The third-order valence-electron chi connectivity index (χ3n) is 1.92. The normalized spacial score (nSPS) is 12.5. The minimum atomic E-state index is -1.21. The summed E-state index contributed by atoms with van der Waals surface area (Å²) in [5, 5.41) is 0. The fourth-order valence-corrected chi connectivity index (χ4v) is 2.59. The van der Waals surface area contributed by atoms with Gasteiger partial charge < -0.3 is 9.41 Å². The number of nitrogens with one attached hydrogen (secondary N) is 1. The number of hydrogen-bond acceptors (Lipinski definition) is 2. The smallest absolute Gasteiger partial charge is 0.278 e. The molecule has 0 aromatic heterocycles. The lowest BCUT2D eigenvalue weighted by atomic mass is 10.2. The molecule has 0 aliphatic carbocycles. The lowest BCUT2D eigenvalue weighted by Crippen LogP contribution is -2.25. The van der Waals surface area contributed by atoms with Crippen LogP contribution >= 0.6 is 0 Å². The largest absolute Gasteiger partial charge is 0.402 e. The van der Waals surface area contributed by atoms with Crippen molar-refractivity contribution in [2.75, 3.05) is 11.6 Å². The van der Waals surface area contributed by atoms with Crippen molar-refractivity contribution in [1.29, 1.82) is 0 Å². The van der Waals surface area contributed by atoms with Crippen molar-refractivity contribution in [1.82, 2.24) is 0 Å². The minimum absolute atomic E-state index is 0.798. The molecular weight excluding hydrogens is 178 g/mol. The van der Waals surface area contributed by atoms with Crippen LogP contribution in [0.2, 0.25) is 6.55 Å². The number of hydrogen-bond donors (Lipinski definition) is 1. The maximum atomic E-state index is 5.53. The first-order chi connectivity index (χ1) is 6.24. The molecule has 0 amide bonds. The van der Waals surface area contributed by atoms with Crippen LogP contribution in [0, 0.1) is 6.92 Å². The Morgan fingerprint density at radius 3 is 2.69 bits per heavy atom. The number of rotatable bonds is 4. The number of anilines is 1. The first-order valence-corrected chi connectivity index (χ1v) is 6.88. The van der Waals surface area contributed by atoms with Crippen molar-refractivity contribution in [2.45, 2.75) is 20.4 Å². The van der Waals surface area contributed by atoms with E-state index in [1.54, 1.807) is 0 Å². The third-order valence-corrected chi connectivity index (χ3v) is 3.47. The molecule has 1 unspecified atom stereocenters. The van der Waals surface area contributed by atoms with Gasteiger partial charge in [0.2, 0.25) is 0 Å². The van der Waals surface area contributed by atoms with Crippen LogP contribution in [0.1, 0.15) is 12.5 Å². The Labute approximate surface area is 81.7 Å². The fraction of sp³-hybridized carbons (Fsp3) is 0.400. The third kappa shape index (κ3) is 3.20. The Bertz CT molecular complexity index is 265. The standard InChI is InChI=1S/C10H17NOSi/c1-4-12-13(3)11-10-8-6-5-7-9(10)2/h5-8,11,13H,4H2,1-3H3. The van der Waals surface area contributed by atoms with Gasteiger partial charge in [-0.3, -0.25) is 0 Å². The molecular formula is C10H17NOSi. The highest BCUT2D eigenvalue weighted by atomic mass is 28.3. The van der Waals surface area contributed by atoms with E-state index in [2.05, 4.69) is 30.6 Å². The van der Waals surface area contributed by atoms with Crippen LogP contribution in [0.25, 0.3) is 0 Å². The van der Waals surface area contributed by atoms with E-state index in [0.29, 0.717) is 0 Å². The van der Waals surface area contributed by atoms with E-state index in [4.69, 9.17) is 4.43 Å². The Kier molecular flexibility index (Phi) is 3.99. The van der Waals surface area contributed by atoms with Crippen molar-refractivity contribution in [3.63, 3.8) is 0 Å². The second-order valence-corrected chi connectivity index (χ2v) is 4.96. The molecule has 0 radical (unpaired) electrons. The van der Waals surface area contributed by atoms with Crippen molar-refractivity contribution < 1.29 is 4.43 Å². The van der Waals surface area contributed by atoms with Crippen molar-refractivity contribution >= 4 is 14.9 Å². The molecule has 3 heteroatoms. The van der Waals surface area contributed by atoms with Gasteiger partial charge in [0.05, 0.1) is 0 Å². The minimum Gasteiger partial charge on any atom is -0.402 e. The molecule has 13 heavy (non-hydrogen) atoms. The molecule has 2 nitrogen and oxygen atoms in total. The van der Waals surface area contributed by atoms with Gasteiger partial charge in [-0.1, -0.05) is 18.2 Å². The van der Waals surface area contributed by atoms with E-state index in [1.165, 1.54) is 11.3 Å². The van der Waals surface area contributed by atoms with E-state index in [1.807, 2.05) is 19.1 Å². The second-order valence-electron chi connectivity index (χ2n) is 3.06. The van der Waals surface area contributed by atoms with Gasteiger partial charge in [-0.15, -0.1) is 0 Å². The van der Waals surface area contributed by atoms with Crippen LogP contribution in [0.3, 0.4) is 0 Å². The van der Waals surface area contributed by atoms with Crippen LogP contribution in [0.15, 0.2) is 24.3 Å². The van der Waals surface area contributed by atoms with E-state index >= 15 is 0 Å². The number of para-hydroxylation sites is 1. The molecule has 0 aliphatic heterocycles. The van der Waals surface area contributed by atoms with Crippen LogP contribution < -0.4 is 4.98 Å². The highest BCUT2D eigenvalue weighted by molar-refractivity contribution is 6.54. The van der Waals surface area contributed by atoms with Gasteiger partial charge in [0, 0.05) is 12.3 Å². The molecule has 1 N–H and O–H groups in total. The van der Waals surface area contributed by atoms with Gasteiger partial charge in [0.1, 0.15) is 0 Å². The van der Waals surface area contributed by atoms with Gasteiger partial charge in [-0.25, -0.2) is 0 Å². The highest BCUT2D eigenvalue weighted by Crippen LogP contribution is 2.13. The summed E-state index contributed by atoms with van der Waals surface area (Å²) in [6.45, 7) is 7.08. The average Bonchev–Trinajstić information content (AvgIpc) is 2.09. The van der Waals surface area contributed by atoms with Crippen LogP contribution in [0.5, 0.6) is 0 Å². The van der Waals surface area contributed by atoms with Gasteiger partial charge >= 0.3 is 0 Å². The average molecular weight is 195 g/mol. The summed E-state index contributed by atoms with van der Waals surface area (Å²) < 4.78 is 5.53. The maximum absolute atomic E-state index is 5.53. The van der Waals surface area contributed by atoms with E-state index in [0.717, 1.165) is 6.61 Å². The summed E-state index contributed by atoms with van der Waals surface area (Å²) in [5.74, 6) is 0. The van der Waals surface area contributed by atoms with Crippen LogP contribution in [-0.2, 0) is 4.43 Å². The Morgan fingerprint density at radius 1 is 1.38 bits per heavy atom. The summed E-state index contributed by atoms with van der Waals surface area (Å²) in [6, 6.07) is 8.29. The molecule has 0 heterocycles. The lowest BCUT2D eigenvalue weighted by Gasteiger charge is -2.14. The Hall–Kier alpha value is -0.803. The predicted octanol–water partition coefficient (Wildman–Crippen LogP) is 2.29. The molecule has 0 spiro atoms. The highest BCUT2D eigenvalue weighted by Gasteiger charge is 2.04. The molecule has 0 saturated heterocycles. The molecule has 1 atom stereocenters. The SMILES string of the molecule is CCO[SiH](C)Nc1ccccc1C. The van der Waals surface area contributed by atoms with Crippen molar-refractivity contribution in [3.05, 3.63) is 29.8 Å². The zero-order valence-corrected chi connectivity index (χ0v) is 9.66. The van der Waals surface area contributed by atoms with Crippen molar-refractivity contribution in [2.24, 2.45) is 0 Å². The van der Waals surface area contributed by atoms with E-state index < -0.39 is 9.20 Å². The molecule has 0 aliphatic rings. The zero-order chi connectivity index (χ0) is 9.68. The molecule has 1 aromatic rings. The zero-order valence-electron chi connectivity index (χ0n) is 8.50. The molecule has 1 rings (SSSR count). The fourth-order valence-electron chi connectivity index (χ4n) is 1.25. The Balaban J connectivity index is 2.58. The lowest BCUT2D eigenvalue weighted by molar-refractivity contribution is 0.350. The second kappa shape index (κ2) is 5.04. The van der Waals surface area contributed by atoms with E-state index in [-0.39, 0.29) is 0 Å². The summed E-state index contributed by atoms with van der Waals surface area (Å²) in [6.07, 6.45) is 0. The topological polar surface area (TPSA) is 21.3 Å². The van der Waals surface area contributed by atoms with Gasteiger partial charge in [0.25, 0.3) is 9.20 Å². The number of benzene rings is 1. The maximum Gasteiger partial charge on any atom is 0.278 e. The summed E-state index contributed by atoms with van der Waals surface area (Å²) in [4.78, 5) is 3.43. The molecule has 72 valence electrons. The monoisotopic (exact) mass is 195 g/mol. The quantitative estimate of drug-likeness (QED) is 0.744. The molecule has 0 bridgehead atoms. The van der Waals surface area contributed by atoms with Crippen LogP contribution in [-0.4, -0.2) is 15.8 Å². The molecule has 1 aromatic carbocycles. The summed E-state index contributed by atoms with van der Waals surface area (Å²) >= 11 is 0. The van der Waals surface area contributed by atoms with Gasteiger partial charge in [0.15, 0.2) is 0 Å². The van der Waals surface area contributed by atoms with Crippen molar-refractivity contribution in [3.8, 4) is 0 Å². The first kappa shape index (κ1) is 10.3. The molecule has 0 fully saturated rings. The number of aryl methyl sites for hydroxylation is 1. The summed E-state index contributed by atoms with van der Waals surface area (Å²) in [7, 11) is -1.21. The summed E-state index contributed by atoms with van der Waals surface area (Å²) in [5.41, 5.74) is 2.48. The van der Waals surface area contributed by atoms with E-state index in [9.17, 15) is 0 Å². The molecule has 0 saturated carbocycles. The Morgan fingerprint density at radius 2 is 2.08 bits per heavy atom. The first-order valence-electron chi connectivity index (χ1n) is 4.67. The van der Waals surface area contributed by atoms with Crippen LogP contribution in [0.4, 0.5) is 5.69 Å². The van der Waals surface area contributed by atoms with Gasteiger partial charge in [-0.05, 0) is 32.0 Å².